The molecule has 0 spiro atoms. The maximum Gasteiger partial charge on any atom is 0.327 e. The highest BCUT2D eigenvalue weighted by atomic mass is 35.5. The lowest BCUT2D eigenvalue weighted by Crippen LogP contribution is -2.37. The van der Waals surface area contributed by atoms with Crippen LogP contribution in [-0.2, 0) is 4.79 Å². The van der Waals surface area contributed by atoms with Crippen molar-refractivity contribution in [2.75, 3.05) is 7.11 Å². The summed E-state index contributed by atoms with van der Waals surface area (Å²) in [6.45, 7) is 5.06. The molecule has 0 radical (unpaired) electrons. The minimum absolute atomic E-state index is 0.0567. The number of rotatable bonds is 5. The molecule has 0 aliphatic carbocycles. The van der Waals surface area contributed by atoms with Crippen LogP contribution in [0.15, 0.2) is 35.3 Å². The standard InChI is InChI=1S/C19H20ClF2NO4/c1-19(2,3)16(18(25)26)23-9-14(27-4)13(8-15(23)24)12-7-10(20)5-6-11(12)17(21)22/h5-9,16-17H,1-4H3,(H,25,26). The molecule has 5 nitrogen and oxygen atoms in total. The number of carboxylic acids is 1. The number of ether oxygens (including phenoxy) is 1. The van der Waals surface area contributed by atoms with Gasteiger partial charge >= 0.3 is 5.97 Å². The van der Waals surface area contributed by atoms with Gasteiger partial charge in [-0.25, -0.2) is 13.6 Å². The number of pyridine rings is 1. The van der Waals surface area contributed by atoms with Crippen LogP contribution in [0, 0.1) is 5.41 Å². The summed E-state index contributed by atoms with van der Waals surface area (Å²) in [5.74, 6) is -1.09. The molecule has 27 heavy (non-hydrogen) atoms. The van der Waals surface area contributed by atoms with E-state index in [1.807, 2.05) is 0 Å². The molecule has 0 saturated carbocycles. The fourth-order valence-corrected chi connectivity index (χ4v) is 3.13. The van der Waals surface area contributed by atoms with Crippen molar-refractivity contribution < 1.29 is 23.4 Å². The van der Waals surface area contributed by atoms with Crippen molar-refractivity contribution in [2.45, 2.75) is 33.2 Å². The molecule has 0 aliphatic rings. The summed E-state index contributed by atoms with van der Waals surface area (Å²) in [7, 11) is 1.31. The summed E-state index contributed by atoms with van der Waals surface area (Å²) in [5, 5.41) is 9.79. The second-order valence-corrected chi connectivity index (χ2v) is 7.58. The van der Waals surface area contributed by atoms with Crippen LogP contribution >= 0.6 is 11.6 Å². The van der Waals surface area contributed by atoms with Gasteiger partial charge in [0.2, 0.25) is 0 Å². The largest absolute Gasteiger partial charge is 0.495 e. The first kappa shape index (κ1) is 20.9. The number of hydrogen-bond acceptors (Lipinski definition) is 3. The topological polar surface area (TPSA) is 68.5 Å². The van der Waals surface area contributed by atoms with E-state index < -0.39 is 29.4 Å². The lowest BCUT2D eigenvalue weighted by molar-refractivity contribution is -0.144. The van der Waals surface area contributed by atoms with E-state index in [1.54, 1.807) is 20.8 Å². The Hall–Kier alpha value is -2.41. The van der Waals surface area contributed by atoms with E-state index in [0.717, 1.165) is 10.6 Å². The van der Waals surface area contributed by atoms with E-state index in [9.17, 15) is 23.5 Å². The zero-order valence-corrected chi connectivity index (χ0v) is 16.1. The van der Waals surface area contributed by atoms with Crippen LogP contribution in [0.5, 0.6) is 5.75 Å². The molecule has 0 amide bonds. The zero-order valence-electron chi connectivity index (χ0n) is 15.3. The van der Waals surface area contributed by atoms with Crippen LogP contribution in [0.25, 0.3) is 11.1 Å². The summed E-state index contributed by atoms with van der Waals surface area (Å²) < 4.78 is 33.1. The molecule has 1 unspecified atom stereocenters. The summed E-state index contributed by atoms with van der Waals surface area (Å²) in [6.07, 6.45) is -1.55. The molecule has 8 heteroatoms. The molecule has 1 N–H and O–H groups in total. The molecule has 1 atom stereocenters. The second-order valence-electron chi connectivity index (χ2n) is 7.14. The van der Waals surface area contributed by atoms with Crippen LogP contribution in [0.3, 0.4) is 0 Å². The average Bonchev–Trinajstić information content (AvgIpc) is 2.54. The third kappa shape index (κ3) is 4.30. The van der Waals surface area contributed by atoms with E-state index >= 15 is 0 Å². The molecule has 2 rings (SSSR count). The Bertz CT molecular complexity index is 919. The van der Waals surface area contributed by atoms with Crippen molar-refractivity contribution in [1.82, 2.24) is 4.57 Å². The van der Waals surface area contributed by atoms with Gasteiger partial charge in [0.05, 0.1) is 13.3 Å². The first-order chi connectivity index (χ1) is 12.5. The Balaban J connectivity index is 2.77. The normalized spacial score (nSPS) is 12.9. The van der Waals surface area contributed by atoms with Crippen molar-refractivity contribution in [1.29, 1.82) is 0 Å². The number of aliphatic carboxylic acids is 1. The molecule has 0 fully saturated rings. The number of carbonyl (C=O) groups is 1. The van der Waals surface area contributed by atoms with Crippen molar-refractivity contribution in [2.24, 2.45) is 5.41 Å². The van der Waals surface area contributed by atoms with Crippen molar-refractivity contribution in [3.8, 4) is 16.9 Å². The third-order valence-electron chi connectivity index (χ3n) is 4.14. The Kier molecular flexibility index (Phi) is 5.94. The number of nitrogens with zero attached hydrogens (tertiary/aromatic N) is 1. The Morgan fingerprint density at radius 1 is 1.22 bits per heavy atom. The van der Waals surface area contributed by atoms with E-state index in [-0.39, 0.29) is 27.5 Å². The van der Waals surface area contributed by atoms with Crippen molar-refractivity contribution in [3.63, 3.8) is 0 Å². The van der Waals surface area contributed by atoms with Crippen molar-refractivity contribution >= 4 is 17.6 Å². The molecular weight excluding hydrogens is 380 g/mol. The summed E-state index contributed by atoms with van der Waals surface area (Å²) in [6, 6.07) is 3.77. The Morgan fingerprint density at radius 3 is 2.33 bits per heavy atom. The SMILES string of the molecule is COc1cn(C(C(=O)O)C(C)(C)C)c(=O)cc1-c1cc(Cl)ccc1C(F)F. The van der Waals surface area contributed by atoms with Crippen LogP contribution in [0.4, 0.5) is 8.78 Å². The molecule has 0 aliphatic heterocycles. The fourth-order valence-electron chi connectivity index (χ4n) is 2.96. The van der Waals surface area contributed by atoms with Gasteiger partial charge in [0, 0.05) is 22.2 Å². The van der Waals surface area contributed by atoms with Crippen LogP contribution < -0.4 is 10.3 Å². The highest BCUT2D eigenvalue weighted by Gasteiger charge is 2.34. The number of halogens is 3. The number of methoxy groups -OCH3 is 1. The molecule has 0 saturated heterocycles. The van der Waals surface area contributed by atoms with Gasteiger partial charge in [-0.3, -0.25) is 9.36 Å². The van der Waals surface area contributed by atoms with Gasteiger partial charge in [0.25, 0.3) is 12.0 Å². The number of hydrogen-bond donors (Lipinski definition) is 1. The number of carboxylic acid groups (broad SMARTS) is 1. The van der Waals surface area contributed by atoms with E-state index in [1.165, 1.54) is 31.5 Å². The first-order valence-corrected chi connectivity index (χ1v) is 8.46. The lowest BCUT2D eigenvalue weighted by Gasteiger charge is -2.29. The van der Waals surface area contributed by atoms with Crippen LogP contribution in [0.1, 0.15) is 38.8 Å². The minimum Gasteiger partial charge on any atom is -0.495 e. The van der Waals surface area contributed by atoms with Crippen LogP contribution in [-0.4, -0.2) is 22.8 Å². The van der Waals surface area contributed by atoms with E-state index in [4.69, 9.17) is 16.3 Å². The Morgan fingerprint density at radius 2 is 1.85 bits per heavy atom. The maximum absolute atomic E-state index is 13.4. The van der Waals surface area contributed by atoms with Gasteiger partial charge in [-0.1, -0.05) is 38.4 Å². The predicted molar refractivity (Wildman–Crippen MR) is 98.8 cm³/mol. The van der Waals surface area contributed by atoms with Gasteiger partial charge in [0.15, 0.2) is 0 Å². The zero-order chi connectivity index (χ0) is 20.5. The molecular formula is C19H20ClF2NO4. The monoisotopic (exact) mass is 399 g/mol. The lowest BCUT2D eigenvalue weighted by atomic mass is 9.86. The highest BCUT2D eigenvalue weighted by molar-refractivity contribution is 6.30. The summed E-state index contributed by atoms with van der Waals surface area (Å²) >= 11 is 5.94. The van der Waals surface area contributed by atoms with E-state index in [0.29, 0.717) is 0 Å². The third-order valence-corrected chi connectivity index (χ3v) is 4.37. The highest BCUT2D eigenvalue weighted by Crippen LogP contribution is 2.38. The predicted octanol–water partition coefficient (Wildman–Crippen LogP) is 4.79. The molecule has 2 aromatic rings. The number of alkyl halides is 2. The summed E-state index contributed by atoms with van der Waals surface area (Å²) in [4.78, 5) is 24.4. The average molecular weight is 400 g/mol. The molecule has 0 bridgehead atoms. The Labute approximate surface area is 160 Å². The number of aromatic nitrogens is 1. The van der Waals surface area contributed by atoms with Gasteiger partial charge < -0.3 is 9.84 Å². The molecule has 1 heterocycles. The van der Waals surface area contributed by atoms with Gasteiger partial charge in [-0.05, 0) is 23.1 Å². The van der Waals surface area contributed by atoms with Gasteiger partial charge in [-0.15, -0.1) is 0 Å². The van der Waals surface area contributed by atoms with Gasteiger partial charge in [-0.2, -0.15) is 0 Å². The smallest absolute Gasteiger partial charge is 0.327 e. The molecule has 146 valence electrons. The van der Waals surface area contributed by atoms with E-state index in [2.05, 4.69) is 0 Å². The second kappa shape index (κ2) is 7.68. The molecule has 1 aromatic heterocycles. The number of benzene rings is 1. The van der Waals surface area contributed by atoms with Gasteiger partial charge in [0.1, 0.15) is 11.8 Å². The van der Waals surface area contributed by atoms with Crippen molar-refractivity contribution in [3.05, 3.63) is 51.4 Å². The quantitative estimate of drug-likeness (QED) is 0.785. The first-order valence-electron chi connectivity index (χ1n) is 8.08. The maximum atomic E-state index is 13.4. The molecule has 1 aromatic carbocycles. The minimum atomic E-state index is -2.79. The summed E-state index contributed by atoms with van der Waals surface area (Å²) in [5.41, 5.74) is -1.54. The van der Waals surface area contributed by atoms with Crippen LogP contribution in [0.2, 0.25) is 5.02 Å². The fraction of sp³-hybridized carbons (Fsp3) is 0.368.